The van der Waals surface area contributed by atoms with Crippen molar-refractivity contribution in [2.24, 2.45) is 0 Å². The third-order valence-corrected chi connectivity index (χ3v) is 5.31. The molecule has 0 saturated heterocycles. The number of aromatic nitrogens is 1. The van der Waals surface area contributed by atoms with Crippen molar-refractivity contribution in [3.63, 3.8) is 0 Å². The average molecular weight is 332 g/mol. The number of anilines is 1. The van der Waals surface area contributed by atoms with Crippen LogP contribution in [0.5, 0.6) is 0 Å². The molecule has 1 aliphatic carbocycles. The fourth-order valence-electron chi connectivity index (χ4n) is 2.79. The lowest BCUT2D eigenvalue weighted by Crippen LogP contribution is -2.11. The molecule has 0 spiro atoms. The Morgan fingerprint density at radius 2 is 2.22 bits per heavy atom. The first kappa shape index (κ1) is 16.0. The molecule has 1 aromatic heterocycles. The smallest absolute Gasteiger partial charge is 0.338 e. The number of hydrogen-bond acceptors (Lipinski definition) is 6. The van der Waals surface area contributed by atoms with Gasteiger partial charge in [0.1, 0.15) is 5.01 Å². The minimum atomic E-state index is -0.437. The summed E-state index contributed by atoms with van der Waals surface area (Å²) in [4.78, 5) is 19.7. The molecule has 0 aliphatic heterocycles. The molecule has 1 heterocycles. The predicted octanol–water partition coefficient (Wildman–Crippen LogP) is 3.03. The van der Waals surface area contributed by atoms with Crippen molar-refractivity contribution in [3.05, 3.63) is 34.3 Å². The molecule has 1 N–H and O–H groups in total. The number of nitrogens with zero attached hydrogens (tertiary/aromatic N) is 2. The molecule has 0 amide bonds. The third kappa shape index (κ3) is 2.96. The first-order chi connectivity index (χ1) is 11.0. The molecule has 6 heteroatoms. The minimum Gasteiger partial charge on any atom is -0.465 e. The van der Waals surface area contributed by atoms with Crippen LogP contribution in [0.3, 0.4) is 0 Å². The van der Waals surface area contributed by atoms with Gasteiger partial charge in [-0.2, -0.15) is 0 Å². The molecule has 5 nitrogen and oxygen atoms in total. The van der Waals surface area contributed by atoms with Crippen LogP contribution in [0.1, 0.15) is 39.9 Å². The Kier molecular flexibility index (Phi) is 4.37. The number of carbonyl (C=O) groups is 1. The van der Waals surface area contributed by atoms with Crippen LogP contribution >= 0.6 is 11.3 Å². The van der Waals surface area contributed by atoms with Crippen molar-refractivity contribution < 1.29 is 14.6 Å². The lowest BCUT2D eigenvalue weighted by Gasteiger charge is -2.15. The Balaban J connectivity index is 2.10. The second kappa shape index (κ2) is 6.29. The van der Waals surface area contributed by atoms with Crippen molar-refractivity contribution in [1.29, 1.82) is 0 Å². The van der Waals surface area contributed by atoms with Crippen LogP contribution in [0, 0.1) is 0 Å². The van der Waals surface area contributed by atoms with Gasteiger partial charge in [-0.25, -0.2) is 9.78 Å². The zero-order chi connectivity index (χ0) is 16.6. The summed E-state index contributed by atoms with van der Waals surface area (Å²) in [6, 6.07) is 5.68. The van der Waals surface area contributed by atoms with Crippen LogP contribution in [0.4, 0.5) is 5.69 Å². The van der Waals surface area contributed by atoms with E-state index in [4.69, 9.17) is 4.74 Å². The molecule has 2 aromatic rings. The molecule has 1 aromatic carbocycles. The van der Waals surface area contributed by atoms with Crippen LogP contribution in [-0.2, 0) is 11.2 Å². The zero-order valence-corrected chi connectivity index (χ0v) is 14.3. The molecule has 122 valence electrons. The minimum absolute atomic E-state index is 0.377. The second-order valence-electron chi connectivity index (χ2n) is 5.85. The maximum atomic E-state index is 12.2. The van der Waals surface area contributed by atoms with E-state index in [1.54, 1.807) is 0 Å². The average Bonchev–Trinajstić information content (AvgIpc) is 2.99. The summed E-state index contributed by atoms with van der Waals surface area (Å²) in [7, 11) is 5.23. The van der Waals surface area contributed by atoms with Crippen molar-refractivity contribution in [1.82, 2.24) is 4.98 Å². The van der Waals surface area contributed by atoms with Gasteiger partial charge in [0.25, 0.3) is 0 Å². The SMILES string of the molecule is COC(=O)c1cc(N(C)C)ccc1-c1nc2c(s1)C(O)CCC2. The van der Waals surface area contributed by atoms with Gasteiger partial charge < -0.3 is 14.7 Å². The van der Waals surface area contributed by atoms with Crippen LogP contribution in [0.15, 0.2) is 18.2 Å². The number of aliphatic hydroxyl groups excluding tert-OH is 1. The molecule has 0 saturated carbocycles. The number of aliphatic hydroxyl groups is 1. The van der Waals surface area contributed by atoms with Crippen LogP contribution in [-0.4, -0.2) is 37.3 Å². The number of ether oxygens (including phenoxy) is 1. The number of carbonyl (C=O) groups excluding carboxylic acids is 1. The zero-order valence-electron chi connectivity index (χ0n) is 13.5. The molecule has 0 radical (unpaired) electrons. The highest BCUT2D eigenvalue weighted by Crippen LogP contribution is 2.39. The maximum absolute atomic E-state index is 12.2. The largest absolute Gasteiger partial charge is 0.465 e. The normalized spacial score (nSPS) is 16.8. The number of fused-ring (bicyclic) bond motifs is 1. The van der Waals surface area contributed by atoms with Gasteiger partial charge in [-0.3, -0.25) is 0 Å². The van der Waals surface area contributed by atoms with E-state index in [2.05, 4.69) is 4.98 Å². The van der Waals surface area contributed by atoms with E-state index in [9.17, 15) is 9.90 Å². The van der Waals surface area contributed by atoms with Gasteiger partial charge in [0, 0.05) is 25.3 Å². The molecular formula is C17H20N2O3S. The Hall–Kier alpha value is -1.92. The van der Waals surface area contributed by atoms with E-state index in [0.717, 1.165) is 46.1 Å². The summed E-state index contributed by atoms with van der Waals surface area (Å²) in [6.07, 6.45) is 2.16. The highest BCUT2D eigenvalue weighted by molar-refractivity contribution is 7.15. The fraction of sp³-hybridized carbons (Fsp3) is 0.412. The molecule has 3 rings (SSSR count). The van der Waals surface area contributed by atoms with Crippen molar-refractivity contribution >= 4 is 23.0 Å². The van der Waals surface area contributed by atoms with Crippen LogP contribution in [0.2, 0.25) is 0 Å². The van der Waals surface area contributed by atoms with E-state index >= 15 is 0 Å². The van der Waals surface area contributed by atoms with Crippen LogP contribution in [0.25, 0.3) is 10.6 Å². The molecule has 0 bridgehead atoms. The summed E-state index contributed by atoms with van der Waals surface area (Å²) in [5, 5.41) is 10.9. The van der Waals surface area contributed by atoms with Gasteiger partial charge in [0.15, 0.2) is 0 Å². The number of aryl methyl sites for hydroxylation is 1. The summed E-state index contributed by atoms with van der Waals surface area (Å²) in [5.41, 5.74) is 3.14. The number of hydrogen-bond donors (Lipinski definition) is 1. The Morgan fingerprint density at radius 1 is 1.43 bits per heavy atom. The van der Waals surface area contributed by atoms with Gasteiger partial charge in [0.2, 0.25) is 0 Å². The van der Waals surface area contributed by atoms with Crippen molar-refractivity contribution in [3.8, 4) is 10.6 Å². The lowest BCUT2D eigenvalue weighted by molar-refractivity contribution is 0.0601. The number of methoxy groups -OCH3 is 1. The van der Waals surface area contributed by atoms with E-state index in [1.165, 1.54) is 18.4 Å². The number of thiazole rings is 1. The number of rotatable bonds is 3. The van der Waals surface area contributed by atoms with Gasteiger partial charge in [0.05, 0.1) is 29.3 Å². The molecule has 1 atom stereocenters. The molecular weight excluding hydrogens is 312 g/mol. The van der Waals surface area contributed by atoms with Gasteiger partial charge >= 0.3 is 5.97 Å². The first-order valence-electron chi connectivity index (χ1n) is 7.59. The standard InChI is InChI=1S/C17H20N2O3S/c1-19(2)10-7-8-11(12(9-10)17(21)22-3)16-18-13-5-4-6-14(20)15(13)23-16/h7-9,14,20H,4-6H2,1-3H3. The second-order valence-corrected chi connectivity index (χ2v) is 6.88. The Labute approximate surface area is 139 Å². The van der Waals surface area contributed by atoms with Gasteiger partial charge in [-0.1, -0.05) is 0 Å². The highest BCUT2D eigenvalue weighted by atomic mass is 32.1. The number of esters is 1. The Morgan fingerprint density at radius 3 is 2.87 bits per heavy atom. The van der Waals surface area contributed by atoms with Gasteiger partial charge in [-0.05, 0) is 37.5 Å². The molecule has 1 aliphatic rings. The predicted molar refractivity (Wildman–Crippen MR) is 91.1 cm³/mol. The van der Waals surface area contributed by atoms with E-state index in [1.807, 2.05) is 37.2 Å². The van der Waals surface area contributed by atoms with Crippen LogP contribution < -0.4 is 4.90 Å². The summed E-state index contributed by atoms with van der Waals surface area (Å²) >= 11 is 1.47. The fourth-order valence-corrected chi connectivity index (χ4v) is 3.96. The quantitative estimate of drug-likeness (QED) is 0.875. The lowest BCUT2D eigenvalue weighted by atomic mass is 10.0. The Bertz CT molecular complexity index is 739. The summed E-state index contributed by atoms with van der Waals surface area (Å²) < 4.78 is 4.93. The molecule has 23 heavy (non-hydrogen) atoms. The maximum Gasteiger partial charge on any atom is 0.338 e. The van der Waals surface area contributed by atoms with E-state index in [-0.39, 0.29) is 5.97 Å². The summed E-state index contributed by atoms with van der Waals surface area (Å²) in [6.45, 7) is 0. The molecule has 0 fully saturated rings. The number of benzene rings is 1. The van der Waals surface area contributed by atoms with Crippen molar-refractivity contribution in [2.75, 3.05) is 26.1 Å². The topological polar surface area (TPSA) is 62.7 Å². The monoisotopic (exact) mass is 332 g/mol. The highest BCUT2D eigenvalue weighted by Gasteiger charge is 2.25. The first-order valence-corrected chi connectivity index (χ1v) is 8.40. The molecule has 1 unspecified atom stereocenters. The van der Waals surface area contributed by atoms with E-state index < -0.39 is 6.10 Å². The summed E-state index contributed by atoms with van der Waals surface area (Å²) in [5.74, 6) is -0.377. The third-order valence-electron chi connectivity index (χ3n) is 4.08. The van der Waals surface area contributed by atoms with E-state index in [0.29, 0.717) is 5.56 Å². The van der Waals surface area contributed by atoms with Crippen molar-refractivity contribution in [2.45, 2.75) is 25.4 Å². The van der Waals surface area contributed by atoms with Gasteiger partial charge in [-0.15, -0.1) is 11.3 Å².